The van der Waals surface area contributed by atoms with Gasteiger partial charge in [-0.15, -0.1) is 0 Å². The SMILES string of the molecule is O=C(Nc1cnn(C2CCOC2)c1)C1(c2ccc(Cl)cc2)CCCC1. The Balaban J connectivity index is 1.54. The summed E-state index contributed by atoms with van der Waals surface area (Å²) in [5.74, 6) is 0.0505. The molecule has 5 nitrogen and oxygen atoms in total. The number of hydrogen-bond donors (Lipinski definition) is 1. The third-order valence-corrected chi connectivity index (χ3v) is 5.68. The molecule has 1 unspecified atom stereocenters. The third-order valence-electron chi connectivity index (χ3n) is 5.43. The highest BCUT2D eigenvalue weighted by Gasteiger charge is 2.42. The topological polar surface area (TPSA) is 56.2 Å². The molecular formula is C19H22ClN3O2. The minimum atomic E-state index is -0.469. The number of carbonyl (C=O) groups excluding carboxylic acids is 1. The van der Waals surface area contributed by atoms with E-state index < -0.39 is 5.41 Å². The monoisotopic (exact) mass is 359 g/mol. The molecule has 0 bridgehead atoms. The highest BCUT2D eigenvalue weighted by atomic mass is 35.5. The predicted octanol–water partition coefficient (Wildman–Crippen LogP) is 3.95. The van der Waals surface area contributed by atoms with Crippen molar-refractivity contribution in [2.24, 2.45) is 0 Å². The predicted molar refractivity (Wildman–Crippen MR) is 96.9 cm³/mol. The summed E-state index contributed by atoms with van der Waals surface area (Å²) in [5.41, 5.74) is 1.32. The summed E-state index contributed by atoms with van der Waals surface area (Å²) >= 11 is 6.02. The molecule has 6 heteroatoms. The molecule has 1 aromatic heterocycles. The standard InChI is InChI=1S/C19H22ClN3O2/c20-15-5-3-14(4-6-15)19(8-1-2-9-19)18(24)22-16-11-21-23(12-16)17-7-10-25-13-17/h3-6,11-12,17H,1-2,7-10,13H2,(H,22,24). The molecule has 1 atom stereocenters. The number of nitrogens with zero attached hydrogens (tertiary/aromatic N) is 2. The van der Waals surface area contributed by atoms with Crippen LogP contribution in [0.2, 0.25) is 5.02 Å². The Kier molecular flexibility index (Phi) is 4.52. The van der Waals surface area contributed by atoms with Gasteiger partial charge in [0.15, 0.2) is 0 Å². The van der Waals surface area contributed by atoms with Gasteiger partial charge in [0.2, 0.25) is 5.91 Å². The van der Waals surface area contributed by atoms with E-state index in [1.54, 1.807) is 6.20 Å². The number of nitrogens with one attached hydrogen (secondary N) is 1. The average molecular weight is 360 g/mol. The largest absolute Gasteiger partial charge is 0.379 e. The summed E-state index contributed by atoms with van der Waals surface area (Å²) in [6, 6.07) is 7.95. The van der Waals surface area contributed by atoms with Crippen LogP contribution < -0.4 is 5.32 Å². The van der Waals surface area contributed by atoms with Crippen LogP contribution in [0, 0.1) is 0 Å². The van der Waals surface area contributed by atoms with Crippen LogP contribution in [-0.4, -0.2) is 28.9 Å². The minimum absolute atomic E-state index is 0.0505. The van der Waals surface area contributed by atoms with Gasteiger partial charge in [-0.2, -0.15) is 5.10 Å². The molecule has 2 fully saturated rings. The molecule has 1 aliphatic heterocycles. The fraction of sp³-hybridized carbons (Fsp3) is 0.474. The number of hydrogen-bond acceptors (Lipinski definition) is 3. The van der Waals surface area contributed by atoms with E-state index in [4.69, 9.17) is 16.3 Å². The Hall–Kier alpha value is -1.85. The first-order chi connectivity index (χ1) is 12.2. The number of ether oxygens (including phenoxy) is 1. The first kappa shape index (κ1) is 16.6. The molecule has 4 rings (SSSR count). The normalized spacial score (nSPS) is 22.2. The summed E-state index contributed by atoms with van der Waals surface area (Å²) in [4.78, 5) is 13.1. The Morgan fingerprint density at radius 3 is 2.72 bits per heavy atom. The number of halogens is 1. The van der Waals surface area contributed by atoms with E-state index in [1.165, 1.54) is 0 Å². The Morgan fingerprint density at radius 2 is 2.04 bits per heavy atom. The van der Waals surface area contributed by atoms with Crippen LogP contribution in [0.15, 0.2) is 36.7 Å². The van der Waals surface area contributed by atoms with Gasteiger partial charge in [0.1, 0.15) is 0 Å². The number of aromatic nitrogens is 2. The molecule has 2 heterocycles. The van der Waals surface area contributed by atoms with Gasteiger partial charge >= 0.3 is 0 Å². The van der Waals surface area contributed by atoms with Crippen LogP contribution in [0.4, 0.5) is 5.69 Å². The molecule has 1 aromatic carbocycles. The van der Waals surface area contributed by atoms with Crippen molar-refractivity contribution in [2.75, 3.05) is 18.5 Å². The first-order valence-corrected chi connectivity index (χ1v) is 9.25. The van der Waals surface area contributed by atoms with Gasteiger partial charge in [-0.05, 0) is 37.0 Å². The van der Waals surface area contributed by atoms with E-state index in [0.29, 0.717) is 11.6 Å². The van der Waals surface area contributed by atoms with Crippen LogP contribution in [0.5, 0.6) is 0 Å². The van der Waals surface area contributed by atoms with Crippen molar-refractivity contribution in [2.45, 2.75) is 43.6 Å². The minimum Gasteiger partial charge on any atom is -0.379 e. The molecule has 2 aliphatic rings. The molecule has 132 valence electrons. The highest BCUT2D eigenvalue weighted by Crippen LogP contribution is 2.42. The van der Waals surface area contributed by atoms with Crippen LogP contribution in [-0.2, 0) is 14.9 Å². The van der Waals surface area contributed by atoms with Crippen molar-refractivity contribution in [1.29, 1.82) is 0 Å². The van der Waals surface area contributed by atoms with Gasteiger partial charge in [0, 0.05) is 17.8 Å². The lowest BCUT2D eigenvalue weighted by molar-refractivity contribution is -0.121. The smallest absolute Gasteiger partial charge is 0.235 e. The van der Waals surface area contributed by atoms with Crippen molar-refractivity contribution in [3.8, 4) is 0 Å². The van der Waals surface area contributed by atoms with Gasteiger partial charge in [-0.1, -0.05) is 36.6 Å². The van der Waals surface area contributed by atoms with E-state index in [-0.39, 0.29) is 11.9 Å². The van der Waals surface area contributed by atoms with Crippen molar-refractivity contribution in [3.63, 3.8) is 0 Å². The second kappa shape index (κ2) is 6.81. The second-order valence-electron chi connectivity index (χ2n) is 6.98. The van der Waals surface area contributed by atoms with Gasteiger partial charge in [-0.3, -0.25) is 9.48 Å². The Labute approximate surface area is 152 Å². The van der Waals surface area contributed by atoms with Crippen LogP contribution in [0.25, 0.3) is 0 Å². The molecular weight excluding hydrogens is 338 g/mol. The lowest BCUT2D eigenvalue weighted by Crippen LogP contribution is -2.37. The zero-order chi connectivity index (χ0) is 17.3. The number of carbonyl (C=O) groups is 1. The van der Waals surface area contributed by atoms with Crippen molar-refractivity contribution >= 4 is 23.2 Å². The maximum atomic E-state index is 13.1. The van der Waals surface area contributed by atoms with Crippen molar-refractivity contribution in [3.05, 3.63) is 47.2 Å². The molecule has 1 aliphatic carbocycles. The average Bonchev–Trinajstić information content (AvgIpc) is 3.37. The van der Waals surface area contributed by atoms with E-state index in [9.17, 15) is 4.79 Å². The fourth-order valence-electron chi connectivity index (χ4n) is 3.98. The summed E-state index contributed by atoms with van der Waals surface area (Å²) in [5, 5.41) is 8.17. The Bertz CT molecular complexity index is 744. The molecule has 1 saturated carbocycles. The van der Waals surface area contributed by atoms with Gasteiger partial charge in [-0.25, -0.2) is 0 Å². The van der Waals surface area contributed by atoms with E-state index in [1.807, 2.05) is 35.1 Å². The molecule has 2 aromatic rings. The second-order valence-corrected chi connectivity index (χ2v) is 7.41. The molecule has 25 heavy (non-hydrogen) atoms. The van der Waals surface area contributed by atoms with Crippen molar-refractivity contribution < 1.29 is 9.53 Å². The van der Waals surface area contributed by atoms with Crippen LogP contribution in [0.3, 0.4) is 0 Å². The number of benzene rings is 1. The lowest BCUT2D eigenvalue weighted by atomic mass is 9.78. The Morgan fingerprint density at radius 1 is 1.28 bits per heavy atom. The van der Waals surface area contributed by atoms with Crippen LogP contribution in [0.1, 0.15) is 43.7 Å². The number of rotatable bonds is 4. The maximum absolute atomic E-state index is 13.1. The van der Waals surface area contributed by atoms with Crippen LogP contribution >= 0.6 is 11.6 Å². The molecule has 1 saturated heterocycles. The van der Waals surface area contributed by atoms with E-state index in [2.05, 4.69) is 10.4 Å². The van der Waals surface area contributed by atoms with Gasteiger partial charge in [0.25, 0.3) is 0 Å². The van der Waals surface area contributed by atoms with E-state index in [0.717, 1.165) is 50.0 Å². The zero-order valence-corrected chi connectivity index (χ0v) is 14.8. The first-order valence-electron chi connectivity index (χ1n) is 8.87. The quantitative estimate of drug-likeness (QED) is 0.899. The van der Waals surface area contributed by atoms with Gasteiger partial charge < -0.3 is 10.1 Å². The summed E-state index contributed by atoms with van der Waals surface area (Å²) in [7, 11) is 0. The zero-order valence-electron chi connectivity index (χ0n) is 14.1. The van der Waals surface area contributed by atoms with E-state index >= 15 is 0 Å². The third kappa shape index (κ3) is 3.18. The lowest BCUT2D eigenvalue weighted by Gasteiger charge is -2.28. The van der Waals surface area contributed by atoms with Crippen molar-refractivity contribution in [1.82, 2.24) is 9.78 Å². The molecule has 1 amide bonds. The highest BCUT2D eigenvalue weighted by molar-refractivity contribution is 6.30. The fourth-order valence-corrected chi connectivity index (χ4v) is 4.10. The molecule has 0 spiro atoms. The number of amides is 1. The summed E-state index contributed by atoms with van der Waals surface area (Å²) < 4.78 is 7.30. The summed E-state index contributed by atoms with van der Waals surface area (Å²) in [6.07, 6.45) is 8.45. The van der Waals surface area contributed by atoms with Gasteiger partial charge in [0.05, 0.1) is 29.9 Å². The summed E-state index contributed by atoms with van der Waals surface area (Å²) in [6.45, 7) is 1.45. The molecule has 1 N–H and O–H groups in total. The molecule has 0 radical (unpaired) electrons. The maximum Gasteiger partial charge on any atom is 0.235 e. The number of anilines is 1.